The van der Waals surface area contributed by atoms with E-state index in [1.54, 1.807) is 0 Å². The summed E-state index contributed by atoms with van der Waals surface area (Å²) in [7, 11) is 0. The molecule has 1 heterocycles. The van der Waals surface area contributed by atoms with Gasteiger partial charge in [-0.25, -0.2) is 0 Å². The molecule has 13 heavy (non-hydrogen) atoms. The number of allylic oxidation sites excluding steroid dienone is 4. The highest BCUT2D eigenvalue weighted by molar-refractivity contribution is 5.81. The molecule has 0 spiro atoms. The van der Waals surface area contributed by atoms with Crippen LogP contribution in [0.15, 0.2) is 35.8 Å². The maximum absolute atomic E-state index is 11.0. The first-order valence-electron chi connectivity index (χ1n) is 4.29. The molecule has 1 amide bonds. The highest BCUT2D eigenvalue weighted by Gasteiger charge is 2.19. The number of rotatable bonds is 0. The van der Waals surface area contributed by atoms with Gasteiger partial charge in [0.1, 0.15) is 5.76 Å². The van der Waals surface area contributed by atoms with Crippen molar-refractivity contribution in [3.8, 4) is 0 Å². The number of amides is 1. The molecule has 2 rings (SSSR count). The maximum Gasteiger partial charge on any atom is 0.262 e. The van der Waals surface area contributed by atoms with Crippen LogP contribution in [0, 0.1) is 5.92 Å². The van der Waals surface area contributed by atoms with Crippen molar-refractivity contribution in [3.05, 3.63) is 35.8 Å². The molecule has 1 N–H and O–H groups in total. The van der Waals surface area contributed by atoms with Crippen molar-refractivity contribution in [2.24, 2.45) is 5.92 Å². The normalized spacial score (nSPS) is 26.2. The summed E-state index contributed by atoms with van der Waals surface area (Å²) in [5.74, 6) is 1.03. The number of morpholine rings is 1. The van der Waals surface area contributed by atoms with Crippen LogP contribution in [0.4, 0.5) is 0 Å². The first-order chi connectivity index (χ1) is 6.25. The van der Waals surface area contributed by atoms with Gasteiger partial charge in [-0.1, -0.05) is 19.1 Å². The van der Waals surface area contributed by atoms with E-state index in [1.165, 1.54) is 0 Å². The van der Waals surface area contributed by atoms with Crippen molar-refractivity contribution >= 4 is 5.91 Å². The van der Waals surface area contributed by atoms with Crippen LogP contribution in [-0.2, 0) is 9.53 Å². The molecule has 0 aromatic carbocycles. The van der Waals surface area contributed by atoms with Crippen LogP contribution in [-0.4, -0.2) is 12.5 Å². The minimum atomic E-state index is -0.0913. The first kappa shape index (κ1) is 8.10. The van der Waals surface area contributed by atoms with Gasteiger partial charge >= 0.3 is 0 Å². The molecular weight excluding hydrogens is 166 g/mol. The molecule has 1 aliphatic carbocycles. The van der Waals surface area contributed by atoms with E-state index in [-0.39, 0.29) is 12.5 Å². The van der Waals surface area contributed by atoms with E-state index in [0.29, 0.717) is 5.92 Å². The summed E-state index contributed by atoms with van der Waals surface area (Å²) in [5, 5.41) is 2.76. The SMILES string of the molecule is CC1C=CC=C2NC(=O)COC2=C1. The molecule has 1 fully saturated rings. The predicted octanol–water partition coefficient (Wildman–Crippen LogP) is 1.11. The van der Waals surface area contributed by atoms with Gasteiger partial charge in [-0.15, -0.1) is 0 Å². The van der Waals surface area contributed by atoms with Crippen molar-refractivity contribution in [2.45, 2.75) is 6.92 Å². The van der Waals surface area contributed by atoms with Crippen LogP contribution in [0.3, 0.4) is 0 Å². The Morgan fingerprint density at radius 3 is 3.31 bits per heavy atom. The molecule has 1 unspecified atom stereocenters. The average Bonchev–Trinajstić information content (AvgIpc) is 2.25. The summed E-state index contributed by atoms with van der Waals surface area (Å²) in [6, 6.07) is 0. The van der Waals surface area contributed by atoms with Crippen molar-refractivity contribution in [1.29, 1.82) is 0 Å². The van der Waals surface area contributed by atoms with Crippen molar-refractivity contribution in [1.82, 2.24) is 5.32 Å². The molecule has 68 valence electrons. The molecule has 0 aromatic rings. The average molecular weight is 177 g/mol. The highest BCUT2D eigenvalue weighted by Crippen LogP contribution is 2.19. The molecule has 1 saturated heterocycles. The van der Waals surface area contributed by atoms with Gasteiger partial charge in [-0.05, 0) is 18.1 Å². The van der Waals surface area contributed by atoms with Crippen LogP contribution < -0.4 is 5.32 Å². The highest BCUT2D eigenvalue weighted by atomic mass is 16.5. The second kappa shape index (κ2) is 3.09. The Hall–Kier alpha value is -1.51. The van der Waals surface area contributed by atoms with Gasteiger partial charge in [0.25, 0.3) is 5.91 Å². The summed E-state index contributed by atoms with van der Waals surface area (Å²) in [4.78, 5) is 11.0. The molecule has 1 aliphatic heterocycles. The van der Waals surface area contributed by atoms with Crippen LogP contribution in [0.1, 0.15) is 6.92 Å². The zero-order valence-electron chi connectivity index (χ0n) is 7.41. The van der Waals surface area contributed by atoms with Crippen LogP contribution >= 0.6 is 0 Å². The quantitative estimate of drug-likeness (QED) is 0.602. The lowest BCUT2D eigenvalue weighted by Gasteiger charge is -2.19. The summed E-state index contributed by atoms with van der Waals surface area (Å²) >= 11 is 0. The smallest absolute Gasteiger partial charge is 0.262 e. The molecule has 2 aliphatic rings. The lowest BCUT2D eigenvalue weighted by molar-refractivity contribution is -0.125. The molecule has 3 heteroatoms. The van der Waals surface area contributed by atoms with Gasteiger partial charge in [-0.3, -0.25) is 4.79 Å². The fourth-order valence-electron chi connectivity index (χ4n) is 1.35. The number of hydrogen-bond acceptors (Lipinski definition) is 2. The van der Waals surface area contributed by atoms with E-state index >= 15 is 0 Å². The number of hydrogen-bond donors (Lipinski definition) is 1. The fraction of sp³-hybridized carbons (Fsp3) is 0.300. The topological polar surface area (TPSA) is 38.3 Å². The third kappa shape index (κ3) is 1.64. The van der Waals surface area contributed by atoms with E-state index in [9.17, 15) is 4.79 Å². The van der Waals surface area contributed by atoms with Crippen molar-refractivity contribution in [3.63, 3.8) is 0 Å². The van der Waals surface area contributed by atoms with Gasteiger partial charge in [0.15, 0.2) is 6.61 Å². The molecule has 0 bridgehead atoms. The Balaban J connectivity index is 2.30. The van der Waals surface area contributed by atoms with Crippen LogP contribution in [0.5, 0.6) is 0 Å². The first-order valence-corrected chi connectivity index (χ1v) is 4.29. The van der Waals surface area contributed by atoms with Gasteiger partial charge in [0, 0.05) is 0 Å². The van der Waals surface area contributed by atoms with Gasteiger partial charge in [0.05, 0.1) is 5.70 Å². The number of nitrogens with one attached hydrogen (secondary N) is 1. The van der Waals surface area contributed by atoms with Gasteiger partial charge in [0.2, 0.25) is 0 Å². The van der Waals surface area contributed by atoms with Gasteiger partial charge in [-0.2, -0.15) is 0 Å². The minimum absolute atomic E-state index is 0.0913. The minimum Gasteiger partial charge on any atom is -0.482 e. The van der Waals surface area contributed by atoms with Crippen molar-refractivity contribution < 1.29 is 9.53 Å². The second-order valence-corrected chi connectivity index (χ2v) is 3.19. The maximum atomic E-state index is 11.0. The molecule has 0 radical (unpaired) electrons. The summed E-state index contributed by atoms with van der Waals surface area (Å²) in [6.07, 6.45) is 7.83. The molecule has 0 aromatic heterocycles. The lowest BCUT2D eigenvalue weighted by atomic mass is 10.1. The number of fused-ring (bicyclic) bond motifs is 1. The van der Waals surface area contributed by atoms with Crippen molar-refractivity contribution in [2.75, 3.05) is 6.61 Å². The Morgan fingerprint density at radius 1 is 1.62 bits per heavy atom. The monoisotopic (exact) mass is 177 g/mol. The van der Waals surface area contributed by atoms with E-state index in [1.807, 2.05) is 24.3 Å². The third-order valence-corrected chi connectivity index (χ3v) is 1.99. The zero-order chi connectivity index (χ0) is 9.26. The summed E-state index contributed by atoms with van der Waals surface area (Å²) in [5.41, 5.74) is 0.761. The Morgan fingerprint density at radius 2 is 2.46 bits per heavy atom. The van der Waals surface area contributed by atoms with E-state index in [4.69, 9.17) is 4.74 Å². The van der Waals surface area contributed by atoms with Gasteiger partial charge < -0.3 is 10.1 Å². The Bertz CT molecular complexity index is 326. The molecule has 3 nitrogen and oxygen atoms in total. The lowest BCUT2D eigenvalue weighted by Crippen LogP contribution is -2.33. The standard InChI is InChI=1S/C10H11NO2/c1-7-3-2-4-8-9(5-7)13-6-10(12)11-8/h2-5,7H,6H2,1H3,(H,11,12). The number of carbonyl (C=O) groups is 1. The predicted molar refractivity (Wildman–Crippen MR) is 48.6 cm³/mol. The Labute approximate surface area is 76.8 Å². The van der Waals surface area contributed by atoms with Crippen LogP contribution in [0.25, 0.3) is 0 Å². The molecule has 1 atom stereocenters. The Kier molecular flexibility index (Phi) is 1.93. The van der Waals surface area contributed by atoms with Crippen LogP contribution in [0.2, 0.25) is 0 Å². The van der Waals surface area contributed by atoms with E-state index in [0.717, 1.165) is 11.5 Å². The number of carbonyl (C=O) groups excluding carboxylic acids is 1. The summed E-state index contributed by atoms with van der Waals surface area (Å²) < 4.78 is 5.29. The third-order valence-electron chi connectivity index (χ3n) is 1.99. The number of ether oxygens (including phenoxy) is 1. The zero-order valence-corrected chi connectivity index (χ0v) is 7.41. The fourth-order valence-corrected chi connectivity index (χ4v) is 1.35. The summed E-state index contributed by atoms with van der Waals surface area (Å²) in [6.45, 7) is 2.19. The largest absolute Gasteiger partial charge is 0.482 e. The van der Waals surface area contributed by atoms with E-state index in [2.05, 4.69) is 12.2 Å². The second-order valence-electron chi connectivity index (χ2n) is 3.19. The molecular formula is C10H11NO2. The molecule has 0 saturated carbocycles. The van der Waals surface area contributed by atoms with E-state index < -0.39 is 0 Å².